The van der Waals surface area contributed by atoms with E-state index in [1.807, 2.05) is 18.3 Å². The number of hydrogen-bond donors (Lipinski definition) is 0. The molecular formula is C13H11BrFN. The first-order valence-electron chi connectivity index (χ1n) is 5.04. The summed E-state index contributed by atoms with van der Waals surface area (Å²) < 4.78 is 12.7. The van der Waals surface area contributed by atoms with Crippen LogP contribution in [-0.4, -0.2) is 4.98 Å². The lowest BCUT2D eigenvalue weighted by Gasteiger charge is -2.09. The van der Waals surface area contributed by atoms with Crippen molar-refractivity contribution in [1.82, 2.24) is 4.98 Å². The molecule has 82 valence electrons. The summed E-state index contributed by atoms with van der Waals surface area (Å²) in [4.78, 5) is 4.29. The fraction of sp³-hybridized carbons (Fsp3) is 0.154. The van der Waals surface area contributed by atoms with E-state index in [-0.39, 0.29) is 10.6 Å². The molecule has 1 aromatic heterocycles. The highest BCUT2D eigenvalue weighted by atomic mass is 79.9. The smallest absolute Gasteiger partial charge is 0.123 e. The second-order valence-electron chi connectivity index (χ2n) is 3.58. The number of benzene rings is 1. The van der Waals surface area contributed by atoms with Gasteiger partial charge in [-0.2, -0.15) is 0 Å². The molecule has 1 aromatic carbocycles. The molecule has 0 saturated carbocycles. The molecule has 0 bridgehead atoms. The van der Waals surface area contributed by atoms with Gasteiger partial charge in [0.25, 0.3) is 0 Å². The van der Waals surface area contributed by atoms with Crippen LogP contribution in [0, 0.1) is 5.82 Å². The molecule has 1 nitrogen and oxygen atoms in total. The largest absolute Gasteiger partial charge is 0.264 e. The van der Waals surface area contributed by atoms with Gasteiger partial charge in [-0.05, 0) is 35.7 Å². The molecule has 0 fully saturated rings. The predicted octanol–water partition coefficient (Wildman–Crippen LogP) is 3.90. The topological polar surface area (TPSA) is 12.9 Å². The third-order valence-corrected chi connectivity index (χ3v) is 3.23. The summed E-state index contributed by atoms with van der Waals surface area (Å²) in [5.41, 5.74) is 2.24. The number of hydrogen-bond acceptors (Lipinski definition) is 1. The minimum Gasteiger partial charge on any atom is -0.264 e. The van der Waals surface area contributed by atoms with Gasteiger partial charge < -0.3 is 0 Å². The van der Waals surface area contributed by atoms with Gasteiger partial charge in [-0.1, -0.05) is 34.1 Å². The third kappa shape index (κ3) is 2.89. The van der Waals surface area contributed by atoms with Gasteiger partial charge in [-0.3, -0.25) is 4.98 Å². The summed E-state index contributed by atoms with van der Waals surface area (Å²) in [5.74, 6) is -0.198. The molecule has 1 unspecified atom stereocenters. The van der Waals surface area contributed by atoms with E-state index in [2.05, 4.69) is 20.9 Å². The number of aromatic nitrogens is 1. The Morgan fingerprint density at radius 1 is 1.19 bits per heavy atom. The molecule has 0 amide bonds. The van der Waals surface area contributed by atoms with E-state index < -0.39 is 0 Å². The standard InChI is InChI=1S/C13H11BrFN/c14-13(11-2-1-7-16-9-11)8-10-3-5-12(15)6-4-10/h1-7,9,13H,8H2. The number of pyridine rings is 1. The first-order valence-corrected chi connectivity index (χ1v) is 5.96. The van der Waals surface area contributed by atoms with Crippen LogP contribution in [0.3, 0.4) is 0 Å². The second-order valence-corrected chi connectivity index (χ2v) is 4.69. The summed E-state index contributed by atoms with van der Waals surface area (Å²) in [6, 6.07) is 10.5. The van der Waals surface area contributed by atoms with E-state index in [0.717, 1.165) is 17.5 Å². The maximum Gasteiger partial charge on any atom is 0.123 e. The molecule has 0 radical (unpaired) electrons. The highest BCUT2D eigenvalue weighted by Crippen LogP contribution is 2.26. The Balaban J connectivity index is 2.08. The van der Waals surface area contributed by atoms with Gasteiger partial charge in [-0.15, -0.1) is 0 Å². The predicted molar refractivity (Wildman–Crippen MR) is 66.0 cm³/mol. The molecule has 1 atom stereocenters. The zero-order valence-electron chi connectivity index (χ0n) is 8.61. The summed E-state index contributed by atoms with van der Waals surface area (Å²) in [6.45, 7) is 0. The minimum absolute atomic E-state index is 0.198. The molecule has 0 spiro atoms. The van der Waals surface area contributed by atoms with Crippen LogP contribution in [0.4, 0.5) is 4.39 Å². The monoisotopic (exact) mass is 279 g/mol. The van der Waals surface area contributed by atoms with Crippen molar-refractivity contribution < 1.29 is 4.39 Å². The number of alkyl halides is 1. The fourth-order valence-corrected chi connectivity index (χ4v) is 2.15. The van der Waals surface area contributed by atoms with E-state index in [9.17, 15) is 4.39 Å². The lowest BCUT2D eigenvalue weighted by molar-refractivity contribution is 0.627. The normalized spacial score (nSPS) is 12.4. The Bertz CT molecular complexity index is 441. The van der Waals surface area contributed by atoms with Gasteiger partial charge in [0.2, 0.25) is 0 Å². The Morgan fingerprint density at radius 2 is 1.94 bits per heavy atom. The van der Waals surface area contributed by atoms with Crippen molar-refractivity contribution in [2.24, 2.45) is 0 Å². The van der Waals surface area contributed by atoms with Crippen molar-refractivity contribution in [2.45, 2.75) is 11.2 Å². The van der Waals surface area contributed by atoms with Crippen molar-refractivity contribution in [3.8, 4) is 0 Å². The van der Waals surface area contributed by atoms with Gasteiger partial charge in [-0.25, -0.2) is 4.39 Å². The zero-order chi connectivity index (χ0) is 11.4. The van der Waals surface area contributed by atoms with Crippen molar-refractivity contribution in [2.75, 3.05) is 0 Å². The van der Waals surface area contributed by atoms with E-state index in [0.29, 0.717) is 0 Å². The van der Waals surface area contributed by atoms with Gasteiger partial charge in [0.05, 0.1) is 0 Å². The Labute approximate surface area is 102 Å². The van der Waals surface area contributed by atoms with E-state index in [1.54, 1.807) is 18.3 Å². The van der Waals surface area contributed by atoms with E-state index >= 15 is 0 Å². The van der Waals surface area contributed by atoms with Crippen LogP contribution in [-0.2, 0) is 6.42 Å². The molecule has 0 N–H and O–H groups in total. The average molecular weight is 280 g/mol. The molecule has 2 rings (SSSR count). The van der Waals surface area contributed by atoms with Crippen LogP contribution in [0.1, 0.15) is 16.0 Å². The van der Waals surface area contributed by atoms with Crippen LogP contribution < -0.4 is 0 Å². The second kappa shape index (κ2) is 5.21. The van der Waals surface area contributed by atoms with Gasteiger partial charge >= 0.3 is 0 Å². The summed E-state index contributed by atoms with van der Waals surface area (Å²) in [7, 11) is 0. The Morgan fingerprint density at radius 3 is 2.56 bits per heavy atom. The molecule has 0 aliphatic heterocycles. The average Bonchev–Trinajstić information content (AvgIpc) is 2.33. The molecular weight excluding hydrogens is 269 g/mol. The van der Waals surface area contributed by atoms with Crippen LogP contribution >= 0.6 is 15.9 Å². The highest BCUT2D eigenvalue weighted by Gasteiger charge is 2.08. The van der Waals surface area contributed by atoms with Crippen LogP contribution in [0.25, 0.3) is 0 Å². The lowest BCUT2D eigenvalue weighted by Crippen LogP contribution is -1.95. The van der Waals surface area contributed by atoms with Crippen LogP contribution in [0.2, 0.25) is 0 Å². The Kier molecular flexibility index (Phi) is 3.67. The molecule has 3 heteroatoms. The van der Waals surface area contributed by atoms with Crippen molar-refractivity contribution in [1.29, 1.82) is 0 Å². The van der Waals surface area contributed by atoms with E-state index in [4.69, 9.17) is 0 Å². The minimum atomic E-state index is -0.198. The third-order valence-electron chi connectivity index (χ3n) is 2.37. The summed E-state index contributed by atoms with van der Waals surface area (Å²) >= 11 is 3.61. The quantitative estimate of drug-likeness (QED) is 0.777. The molecule has 1 heterocycles. The Hall–Kier alpha value is -1.22. The number of nitrogens with zero attached hydrogens (tertiary/aromatic N) is 1. The first kappa shape index (κ1) is 11.3. The molecule has 2 aromatic rings. The van der Waals surface area contributed by atoms with E-state index in [1.165, 1.54) is 12.1 Å². The fourth-order valence-electron chi connectivity index (χ4n) is 1.51. The van der Waals surface area contributed by atoms with Crippen LogP contribution in [0.5, 0.6) is 0 Å². The first-order chi connectivity index (χ1) is 7.75. The van der Waals surface area contributed by atoms with Crippen molar-refractivity contribution >= 4 is 15.9 Å². The highest BCUT2D eigenvalue weighted by molar-refractivity contribution is 9.09. The molecule has 16 heavy (non-hydrogen) atoms. The van der Waals surface area contributed by atoms with Gasteiger partial charge in [0.1, 0.15) is 5.82 Å². The van der Waals surface area contributed by atoms with Crippen molar-refractivity contribution in [3.63, 3.8) is 0 Å². The summed E-state index contributed by atoms with van der Waals surface area (Å²) in [5, 5.41) is 0. The molecule has 0 saturated heterocycles. The SMILES string of the molecule is Fc1ccc(CC(Br)c2cccnc2)cc1. The van der Waals surface area contributed by atoms with Crippen LogP contribution in [0.15, 0.2) is 48.8 Å². The summed E-state index contributed by atoms with van der Waals surface area (Å²) in [6.07, 6.45) is 4.41. The molecule has 0 aliphatic carbocycles. The molecule has 0 aliphatic rings. The number of rotatable bonds is 3. The zero-order valence-corrected chi connectivity index (χ0v) is 10.2. The van der Waals surface area contributed by atoms with Gasteiger partial charge in [0, 0.05) is 17.2 Å². The maximum absolute atomic E-state index is 12.7. The lowest BCUT2D eigenvalue weighted by atomic mass is 10.1. The number of halogens is 2. The maximum atomic E-state index is 12.7. The van der Waals surface area contributed by atoms with Crippen molar-refractivity contribution in [3.05, 3.63) is 65.7 Å². The van der Waals surface area contributed by atoms with Gasteiger partial charge in [0.15, 0.2) is 0 Å².